The molecule has 1 unspecified atom stereocenters. The minimum Gasteiger partial charge on any atom is -0.309 e. The van der Waals surface area contributed by atoms with Crippen LogP contribution in [0.5, 0.6) is 0 Å². The molecular formula is C13H23N3. The van der Waals surface area contributed by atoms with E-state index >= 15 is 0 Å². The first-order chi connectivity index (χ1) is 7.76. The quantitative estimate of drug-likeness (QED) is 0.827. The molecule has 0 bridgehead atoms. The predicted octanol–water partition coefficient (Wildman–Crippen LogP) is 2.43. The van der Waals surface area contributed by atoms with Crippen LogP contribution in [0.1, 0.15) is 50.5 Å². The molecular weight excluding hydrogens is 198 g/mol. The largest absolute Gasteiger partial charge is 0.309 e. The first-order valence-corrected chi connectivity index (χ1v) is 6.52. The zero-order valence-corrected chi connectivity index (χ0v) is 10.7. The molecule has 0 spiro atoms. The lowest BCUT2D eigenvalue weighted by atomic mass is 9.78. The monoisotopic (exact) mass is 221 g/mol. The highest BCUT2D eigenvalue weighted by Crippen LogP contribution is 2.37. The fraction of sp³-hybridized carbons (Fsp3) is 0.769. The van der Waals surface area contributed by atoms with Gasteiger partial charge in [0.2, 0.25) is 0 Å². The molecule has 0 radical (unpaired) electrons. The van der Waals surface area contributed by atoms with Crippen molar-refractivity contribution < 1.29 is 0 Å². The van der Waals surface area contributed by atoms with Crippen LogP contribution in [-0.4, -0.2) is 16.3 Å². The molecule has 1 aromatic heterocycles. The average Bonchev–Trinajstić information content (AvgIpc) is 2.56. The predicted molar refractivity (Wildman–Crippen MR) is 66.3 cm³/mol. The fourth-order valence-electron chi connectivity index (χ4n) is 2.51. The molecule has 90 valence electrons. The highest BCUT2D eigenvalue weighted by atomic mass is 15.3. The molecule has 1 heterocycles. The topological polar surface area (TPSA) is 29.9 Å². The molecule has 0 aromatic carbocycles. The lowest BCUT2D eigenvalue weighted by Crippen LogP contribution is -2.33. The Labute approximate surface area is 98.2 Å². The van der Waals surface area contributed by atoms with Gasteiger partial charge in [-0.3, -0.25) is 4.68 Å². The van der Waals surface area contributed by atoms with Crippen molar-refractivity contribution in [1.82, 2.24) is 15.1 Å². The van der Waals surface area contributed by atoms with E-state index in [1.54, 1.807) is 0 Å². The second kappa shape index (κ2) is 5.00. The fourth-order valence-corrected chi connectivity index (χ4v) is 2.51. The third kappa shape index (κ3) is 2.14. The normalized spacial score (nSPS) is 18.4. The maximum atomic E-state index is 4.55. The van der Waals surface area contributed by atoms with Gasteiger partial charge in [-0.2, -0.15) is 5.10 Å². The molecule has 3 nitrogen and oxygen atoms in total. The van der Waals surface area contributed by atoms with E-state index in [1.165, 1.54) is 30.7 Å². The maximum Gasteiger partial charge on any atom is 0.0625 e. The summed E-state index contributed by atoms with van der Waals surface area (Å²) in [6, 6.07) is 2.78. The lowest BCUT2D eigenvalue weighted by molar-refractivity contribution is 0.225. The maximum absolute atomic E-state index is 4.55. The van der Waals surface area contributed by atoms with Gasteiger partial charge < -0.3 is 5.32 Å². The van der Waals surface area contributed by atoms with Gasteiger partial charge >= 0.3 is 0 Å². The van der Waals surface area contributed by atoms with E-state index in [4.69, 9.17) is 0 Å². The molecule has 16 heavy (non-hydrogen) atoms. The van der Waals surface area contributed by atoms with Crippen LogP contribution in [0.3, 0.4) is 0 Å². The first-order valence-electron chi connectivity index (χ1n) is 6.52. The van der Waals surface area contributed by atoms with Gasteiger partial charge in [-0.1, -0.05) is 20.3 Å². The van der Waals surface area contributed by atoms with Crippen LogP contribution < -0.4 is 5.32 Å². The van der Waals surface area contributed by atoms with Crippen LogP contribution in [0.2, 0.25) is 0 Å². The van der Waals surface area contributed by atoms with Gasteiger partial charge in [0.05, 0.1) is 17.4 Å². The Balaban J connectivity index is 2.19. The van der Waals surface area contributed by atoms with E-state index in [1.807, 2.05) is 0 Å². The molecule has 1 fully saturated rings. The Bertz CT molecular complexity index is 339. The van der Waals surface area contributed by atoms with Gasteiger partial charge in [0.25, 0.3) is 0 Å². The Kier molecular flexibility index (Phi) is 3.64. The van der Waals surface area contributed by atoms with E-state index in [9.17, 15) is 0 Å². The van der Waals surface area contributed by atoms with Crippen molar-refractivity contribution >= 4 is 0 Å². The van der Waals surface area contributed by atoms with Crippen molar-refractivity contribution in [3.8, 4) is 0 Å². The molecule has 1 aromatic rings. The van der Waals surface area contributed by atoms with Crippen LogP contribution in [0, 0.1) is 5.92 Å². The Morgan fingerprint density at radius 1 is 1.50 bits per heavy atom. The van der Waals surface area contributed by atoms with E-state index in [-0.39, 0.29) is 0 Å². The van der Waals surface area contributed by atoms with Crippen LogP contribution in [0.25, 0.3) is 0 Å². The second-order valence-corrected chi connectivity index (χ2v) is 4.76. The molecule has 1 saturated carbocycles. The average molecular weight is 221 g/mol. The van der Waals surface area contributed by atoms with E-state index in [0.29, 0.717) is 6.04 Å². The van der Waals surface area contributed by atoms with Gasteiger partial charge in [-0.15, -0.1) is 0 Å². The lowest BCUT2D eigenvalue weighted by Gasteiger charge is -2.34. The van der Waals surface area contributed by atoms with Crippen LogP contribution in [0.15, 0.2) is 6.07 Å². The van der Waals surface area contributed by atoms with Gasteiger partial charge in [-0.25, -0.2) is 0 Å². The van der Waals surface area contributed by atoms with E-state index in [2.05, 4.69) is 42.1 Å². The SMILES string of the molecule is CCNC(c1cc(CC)nn1C)C1CCC1. The smallest absolute Gasteiger partial charge is 0.0625 e. The number of hydrogen-bond donors (Lipinski definition) is 1. The van der Waals surface area contributed by atoms with E-state index in [0.717, 1.165) is 18.9 Å². The zero-order valence-electron chi connectivity index (χ0n) is 10.7. The van der Waals surface area contributed by atoms with Crippen molar-refractivity contribution in [3.05, 3.63) is 17.5 Å². The summed E-state index contributed by atoms with van der Waals surface area (Å²) in [4.78, 5) is 0. The van der Waals surface area contributed by atoms with Crippen molar-refractivity contribution in [3.63, 3.8) is 0 Å². The molecule has 1 atom stereocenters. The molecule has 2 rings (SSSR count). The van der Waals surface area contributed by atoms with E-state index < -0.39 is 0 Å². The molecule has 0 aliphatic heterocycles. The number of rotatable bonds is 5. The molecule has 1 aliphatic rings. The Morgan fingerprint density at radius 3 is 2.69 bits per heavy atom. The molecule has 1 N–H and O–H groups in total. The molecule has 3 heteroatoms. The highest BCUT2D eigenvalue weighted by molar-refractivity contribution is 5.16. The first kappa shape index (κ1) is 11.6. The minimum atomic E-state index is 0.511. The molecule has 0 saturated heterocycles. The minimum absolute atomic E-state index is 0.511. The summed E-state index contributed by atoms with van der Waals surface area (Å²) in [7, 11) is 2.07. The van der Waals surface area contributed by atoms with Crippen molar-refractivity contribution in [2.45, 2.75) is 45.6 Å². The number of nitrogens with one attached hydrogen (secondary N) is 1. The number of hydrogen-bond acceptors (Lipinski definition) is 2. The summed E-state index contributed by atoms with van der Waals surface area (Å²) in [5.74, 6) is 0.819. The number of aromatic nitrogens is 2. The summed E-state index contributed by atoms with van der Waals surface area (Å²) >= 11 is 0. The zero-order chi connectivity index (χ0) is 11.5. The standard InChI is InChI=1S/C13H23N3/c1-4-11-9-12(16(3)15-11)13(14-5-2)10-7-6-8-10/h9-10,13-14H,4-8H2,1-3H3. The van der Waals surface area contributed by atoms with Crippen LogP contribution in [0.4, 0.5) is 0 Å². The summed E-state index contributed by atoms with van der Waals surface area (Å²) < 4.78 is 2.06. The number of nitrogens with zero attached hydrogens (tertiary/aromatic N) is 2. The summed E-state index contributed by atoms with van der Waals surface area (Å²) in [5, 5.41) is 8.17. The summed E-state index contributed by atoms with van der Waals surface area (Å²) in [6.07, 6.45) is 5.15. The molecule has 0 amide bonds. The van der Waals surface area contributed by atoms with Gasteiger partial charge in [-0.05, 0) is 37.8 Å². The van der Waals surface area contributed by atoms with Gasteiger partial charge in [0.1, 0.15) is 0 Å². The van der Waals surface area contributed by atoms with Gasteiger partial charge in [0, 0.05) is 7.05 Å². The third-order valence-electron chi connectivity index (χ3n) is 3.69. The molecule has 1 aliphatic carbocycles. The third-order valence-corrected chi connectivity index (χ3v) is 3.69. The van der Waals surface area contributed by atoms with Crippen molar-refractivity contribution in [2.75, 3.05) is 6.54 Å². The van der Waals surface area contributed by atoms with Crippen molar-refractivity contribution in [2.24, 2.45) is 13.0 Å². The van der Waals surface area contributed by atoms with Crippen LogP contribution >= 0.6 is 0 Å². The Hall–Kier alpha value is -0.830. The highest BCUT2D eigenvalue weighted by Gasteiger charge is 2.29. The number of aryl methyl sites for hydroxylation is 2. The summed E-state index contributed by atoms with van der Waals surface area (Å²) in [6.45, 7) is 5.38. The van der Waals surface area contributed by atoms with Crippen molar-refractivity contribution in [1.29, 1.82) is 0 Å². The van der Waals surface area contributed by atoms with Gasteiger partial charge in [0.15, 0.2) is 0 Å². The van der Waals surface area contributed by atoms with Crippen LogP contribution in [-0.2, 0) is 13.5 Å². The Morgan fingerprint density at radius 2 is 2.25 bits per heavy atom. The summed E-state index contributed by atoms with van der Waals surface area (Å²) in [5.41, 5.74) is 2.57. The second-order valence-electron chi connectivity index (χ2n) is 4.76.